The fraction of sp³-hybridized carbons (Fsp3) is 0.340. The number of benzene rings is 5. The number of para-hydroxylation sites is 1. The first-order valence-electron chi connectivity index (χ1n) is 19.5. The molecule has 0 radical (unpaired) electrons. The molecule has 4 unspecified atom stereocenters. The number of ether oxygens (including phenoxy) is 1. The second-order valence-corrected chi connectivity index (χ2v) is 16.0. The Kier molecular flexibility index (Phi) is 12.4. The second kappa shape index (κ2) is 17.1. The van der Waals surface area contributed by atoms with E-state index in [-0.39, 0.29) is 17.2 Å². The van der Waals surface area contributed by atoms with E-state index in [1.54, 1.807) is 24.3 Å². The van der Waals surface area contributed by atoms with Crippen LogP contribution in [-0.4, -0.2) is 40.2 Å². The number of rotatable bonds is 15. The van der Waals surface area contributed by atoms with Gasteiger partial charge in [0.05, 0.1) is 5.52 Å². The van der Waals surface area contributed by atoms with Gasteiger partial charge in [0, 0.05) is 57.4 Å². The molecule has 0 aliphatic heterocycles. The van der Waals surface area contributed by atoms with E-state index in [9.17, 15) is 14.0 Å². The van der Waals surface area contributed by atoms with Crippen LogP contribution in [0, 0.1) is 26.7 Å². The predicted octanol–water partition coefficient (Wildman–Crippen LogP) is 11.9. The minimum Gasteiger partial charge on any atom is -0.489 e. The summed E-state index contributed by atoms with van der Waals surface area (Å²) in [7, 11) is 1.90. The van der Waals surface area contributed by atoms with Gasteiger partial charge in [-0.25, -0.2) is 13.6 Å². The molecule has 0 saturated carbocycles. The highest BCUT2D eigenvalue weighted by atomic mass is 31.0. The molecular weight excluding hydrogens is 725 g/mol. The zero-order valence-corrected chi connectivity index (χ0v) is 34.5. The van der Waals surface area contributed by atoms with Crippen molar-refractivity contribution in [2.45, 2.75) is 92.3 Å². The zero-order valence-electron chi connectivity index (χ0n) is 33.3. The van der Waals surface area contributed by atoms with Gasteiger partial charge in [0.1, 0.15) is 24.2 Å². The van der Waals surface area contributed by atoms with Crippen LogP contribution in [0.1, 0.15) is 97.1 Å². The number of aromatic nitrogens is 1. The predicted molar refractivity (Wildman–Crippen MR) is 228 cm³/mol. The van der Waals surface area contributed by atoms with Crippen LogP contribution < -0.4 is 4.74 Å². The molecular formula is C47H51F2N2O4P. The number of ketones is 1. The fourth-order valence-electron chi connectivity index (χ4n) is 7.80. The van der Waals surface area contributed by atoms with E-state index in [1.807, 2.05) is 66.4 Å². The number of nitrogens with zero attached hydrogens (tertiary/aromatic N) is 2. The van der Waals surface area contributed by atoms with Crippen molar-refractivity contribution in [3.05, 3.63) is 124 Å². The molecule has 6 rings (SSSR count). The van der Waals surface area contributed by atoms with Crippen LogP contribution in [0.15, 0.2) is 90.1 Å². The van der Waals surface area contributed by atoms with Gasteiger partial charge in [-0.1, -0.05) is 108 Å². The first-order chi connectivity index (χ1) is 26.7. The number of carbonyl (C=O) groups is 2. The maximum absolute atomic E-state index is 15.0. The van der Waals surface area contributed by atoms with Crippen LogP contribution in [0.4, 0.5) is 8.78 Å². The van der Waals surface area contributed by atoms with Crippen molar-refractivity contribution in [1.82, 2.24) is 4.57 Å². The van der Waals surface area contributed by atoms with Crippen LogP contribution >= 0.6 is 9.24 Å². The van der Waals surface area contributed by atoms with Crippen molar-refractivity contribution in [3.8, 4) is 5.75 Å². The molecule has 6 nitrogen and oxygen atoms in total. The third-order valence-corrected chi connectivity index (χ3v) is 11.4. The Balaban J connectivity index is 1.63. The zero-order chi connectivity index (χ0) is 40.3. The van der Waals surface area contributed by atoms with Crippen LogP contribution in [0.3, 0.4) is 0 Å². The minimum absolute atomic E-state index is 0.0339. The summed E-state index contributed by atoms with van der Waals surface area (Å²) in [6.45, 7) is 13.1. The number of alkyl halides is 2. The number of carbonyl (C=O) groups excluding carboxylic acids is 2. The normalized spacial score (nSPS) is 14.2. The summed E-state index contributed by atoms with van der Waals surface area (Å²) in [6.07, 6.45) is 2.57. The highest BCUT2D eigenvalue weighted by molar-refractivity contribution is 7.18. The van der Waals surface area contributed by atoms with Crippen molar-refractivity contribution in [2.24, 2.45) is 11.1 Å². The molecule has 0 N–H and O–H groups in total. The van der Waals surface area contributed by atoms with Gasteiger partial charge in [0.25, 0.3) is 0 Å². The maximum atomic E-state index is 15.0. The Hall–Kier alpha value is -4.94. The van der Waals surface area contributed by atoms with Gasteiger partial charge in [0.2, 0.25) is 0 Å². The summed E-state index contributed by atoms with van der Waals surface area (Å²) < 4.78 is 37.4. The Morgan fingerprint density at radius 1 is 0.875 bits per heavy atom. The lowest BCUT2D eigenvalue weighted by atomic mass is 9.89. The quantitative estimate of drug-likeness (QED) is 0.0342. The fourth-order valence-corrected chi connectivity index (χ4v) is 7.88. The van der Waals surface area contributed by atoms with Crippen molar-refractivity contribution in [2.75, 3.05) is 6.61 Å². The summed E-state index contributed by atoms with van der Waals surface area (Å²) in [5.74, 6) is 0.0262. The molecule has 0 spiro atoms. The highest BCUT2D eigenvalue weighted by Gasteiger charge is 2.33. The lowest BCUT2D eigenvalue weighted by molar-refractivity contribution is -0.140. The van der Waals surface area contributed by atoms with E-state index in [4.69, 9.17) is 9.57 Å². The van der Waals surface area contributed by atoms with Crippen LogP contribution in [-0.2, 0) is 16.2 Å². The summed E-state index contributed by atoms with van der Waals surface area (Å²) in [6, 6.07) is 27.1. The number of hydrogen-bond donors (Lipinski definition) is 0. The van der Waals surface area contributed by atoms with Gasteiger partial charge >= 0.3 is 5.97 Å². The largest absolute Gasteiger partial charge is 0.489 e. The number of aryl methyl sites for hydroxylation is 3. The molecule has 0 saturated heterocycles. The van der Waals surface area contributed by atoms with E-state index in [1.165, 1.54) is 6.92 Å². The summed E-state index contributed by atoms with van der Waals surface area (Å²) in [5.41, 5.74) is 7.64. The highest BCUT2D eigenvalue weighted by Crippen LogP contribution is 2.40. The topological polar surface area (TPSA) is 69.9 Å². The number of halogens is 2. The maximum Gasteiger partial charge on any atom is 0.332 e. The average molecular weight is 777 g/mol. The van der Waals surface area contributed by atoms with Gasteiger partial charge in [-0.3, -0.25) is 4.79 Å². The molecule has 0 amide bonds. The summed E-state index contributed by atoms with van der Waals surface area (Å²) in [5, 5.41) is 5.67. The minimum atomic E-state index is -2.32. The van der Waals surface area contributed by atoms with Gasteiger partial charge < -0.3 is 14.1 Å². The van der Waals surface area contributed by atoms with Crippen molar-refractivity contribution < 1.29 is 27.9 Å². The molecule has 1 heterocycles. The lowest BCUT2D eigenvalue weighted by Gasteiger charge is -2.23. The molecule has 0 aliphatic carbocycles. The Labute approximate surface area is 330 Å². The molecule has 292 valence electrons. The standard InChI is InChI=1S/C47H51F2N2O4P/c1-8-10-15-33(9-2)26-51-41-21-20-34(44(50-55-32(7)52)37-18-13-14-19-42(37)54-27-47(49,56)31(6)48)24-38(41)39-25-40(35-16-11-12-17-36(35)45(39)51)46(53)43-29(4)22-28(3)23-30(43)5/h11-14,16-25,31,33H,8-10,15,26-27,56H2,1-7H3/b50-44+. The van der Waals surface area contributed by atoms with Gasteiger partial charge in [-0.15, -0.1) is 0 Å². The smallest absolute Gasteiger partial charge is 0.332 e. The Morgan fingerprint density at radius 2 is 1.55 bits per heavy atom. The Bertz CT molecular complexity index is 2440. The first-order valence-corrected chi connectivity index (χ1v) is 20.0. The second-order valence-electron chi connectivity index (χ2n) is 15.1. The number of unbranched alkanes of at least 4 members (excludes halogenated alkanes) is 1. The first kappa shape index (κ1) is 40.7. The third-order valence-electron chi connectivity index (χ3n) is 10.8. The molecule has 0 fully saturated rings. The average Bonchev–Trinajstić information content (AvgIpc) is 3.47. The number of hydrogen-bond acceptors (Lipinski definition) is 5. The van der Waals surface area contributed by atoms with Crippen molar-refractivity contribution in [3.63, 3.8) is 0 Å². The Morgan fingerprint density at radius 3 is 2.21 bits per heavy atom. The summed E-state index contributed by atoms with van der Waals surface area (Å²) >= 11 is 0. The monoisotopic (exact) mass is 776 g/mol. The van der Waals surface area contributed by atoms with E-state index >= 15 is 4.39 Å². The van der Waals surface area contributed by atoms with E-state index < -0.39 is 24.2 Å². The van der Waals surface area contributed by atoms with E-state index in [2.05, 4.69) is 47.8 Å². The van der Waals surface area contributed by atoms with Crippen molar-refractivity contribution in [1.29, 1.82) is 0 Å². The molecule has 0 aliphatic rings. The molecule has 1 aromatic heterocycles. The molecule has 0 bridgehead atoms. The lowest BCUT2D eigenvalue weighted by Crippen LogP contribution is -2.33. The number of oxime groups is 1. The molecule has 56 heavy (non-hydrogen) atoms. The van der Waals surface area contributed by atoms with Crippen LogP contribution in [0.2, 0.25) is 0 Å². The van der Waals surface area contributed by atoms with E-state index in [0.717, 1.165) is 88.4 Å². The molecule has 9 heteroatoms. The molecule has 6 aromatic rings. The van der Waals surface area contributed by atoms with Crippen molar-refractivity contribution >= 4 is 59.3 Å². The van der Waals surface area contributed by atoms with Crippen LogP contribution in [0.25, 0.3) is 32.6 Å². The SMILES string of the molecule is CCCCC(CC)Cn1c2ccc(/C(=N\OC(C)=O)c3ccccc3OCC(F)(P)C(C)F)cc2c2cc(C(=O)c3c(C)cc(C)cc3C)c3ccccc3c21. The molecule has 5 aromatic carbocycles. The molecule has 4 atom stereocenters. The number of fused-ring (bicyclic) bond motifs is 5. The van der Waals surface area contributed by atoms with Crippen LogP contribution in [0.5, 0.6) is 5.75 Å². The van der Waals surface area contributed by atoms with Gasteiger partial charge in [0.15, 0.2) is 11.2 Å². The van der Waals surface area contributed by atoms with Gasteiger partial charge in [-0.05, 0) is 86.9 Å². The van der Waals surface area contributed by atoms with E-state index in [0.29, 0.717) is 28.2 Å². The summed E-state index contributed by atoms with van der Waals surface area (Å²) in [4.78, 5) is 32.1. The van der Waals surface area contributed by atoms with Gasteiger partial charge in [-0.2, -0.15) is 0 Å². The third kappa shape index (κ3) is 8.27.